The van der Waals surface area contributed by atoms with E-state index in [9.17, 15) is 24.6 Å². The number of carboxylic acids is 2. The van der Waals surface area contributed by atoms with Gasteiger partial charge in [-0.3, -0.25) is 14.4 Å². The van der Waals surface area contributed by atoms with Crippen LogP contribution in [0.15, 0.2) is 11.6 Å². The number of aliphatic carboxylic acids is 2. The lowest BCUT2D eigenvalue weighted by atomic mass is 9.63. The first-order valence-corrected chi connectivity index (χ1v) is 10.1. The fourth-order valence-corrected chi connectivity index (χ4v) is 4.11. The zero-order chi connectivity index (χ0) is 20.4. The van der Waals surface area contributed by atoms with Crippen LogP contribution in [-0.4, -0.2) is 34.7 Å². The molecule has 1 unspecified atom stereocenters. The minimum Gasteiger partial charge on any atom is -0.481 e. The molecule has 0 spiro atoms. The van der Waals surface area contributed by atoms with Crippen molar-refractivity contribution in [1.29, 1.82) is 0 Å². The van der Waals surface area contributed by atoms with Crippen LogP contribution < -0.4 is 0 Å². The second-order valence-corrected chi connectivity index (χ2v) is 7.43. The number of esters is 1. The van der Waals surface area contributed by atoms with Gasteiger partial charge in [0, 0.05) is 0 Å². The lowest BCUT2D eigenvalue weighted by molar-refractivity contribution is -0.155. The monoisotopic (exact) mass is 382 g/mol. The number of allylic oxidation sites excluding steroid dienone is 1. The van der Waals surface area contributed by atoms with Crippen LogP contribution in [0.25, 0.3) is 0 Å². The van der Waals surface area contributed by atoms with Gasteiger partial charge in [0.25, 0.3) is 0 Å². The molecule has 1 aliphatic carbocycles. The van der Waals surface area contributed by atoms with Crippen molar-refractivity contribution in [1.82, 2.24) is 0 Å². The standard InChI is InChI=1S/C21H34O6/c1-4-7-8-9-14-27-19(24)16(5-2)17(6-3)21(20(25)26)12-10-15(11-13-21)18(22)23/h6,15-16H,4-5,7-14H2,1-3H3,(H,22,23)(H,25,26). The van der Waals surface area contributed by atoms with E-state index in [0.717, 1.165) is 25.7 Å². The topological polar surface area (TPSA) is 101 Å². The van der Waals surface area contributed by atoms with Gasteiger partial charge in [0.15, 0.2) is 0 Å². The van der Waals surface area contributed by atoms with Gasteiger partial charge in [0.05, 0.1) is 23.9 Å². The summed E-state index contributed by atoms with van der Waals surface area (Å²) in [7, 11) is 0. The highest BCUT2D eigenvalue weighted by molar-refractivity contribution is 5.84. The first-order chi connectivity index (χ1) is 12.8. The first kappa shape index (κ1) is 23.2. The molecule has 2 N–H and O–H groups in total. The zero-order valence-corrected chi connectivity index (χ0v) is 16.8. The van der Waals surface area contributed by atoms with Gasteiger partial charge in [0.2, 0.25) is 0 Å². The lowest BCUT2D eigenvalue weighted by Gasteiger charge is -2.39. The normalized spacial score (nSPS) is 24.3. The fraction of sp³-hybridized carbons (Fsp3) is 0.762. The first-order valence-electron chi connectivity index (χ1n) is 10.1. The number of carbonyl (C=O) groups is 3. The van der Waals surface area contributed by atoms with Crippen molar-refractivity contribution in [2.24, 2.45) is 17.3 Å². The highest BCUT2D eigenvalue weighted by Crippen LogP contribution is 2.48. The molecule has 1 aliphatic rings. The number of rotatable bonds is 11. The molecule has 1 rings (SSSR count). The third-order valence-corrected chi connectivity index (χ3v) is 5.77. The molecule has 0 aromatic heterocycles. The van der Waals surface area contributed by atoms with E-state index < -0.39 is 29.2 Å². The van der Waals surface area contributed by atoms with Crippen LogP contribution in [0.1, 0.15) is 78.6 Å². The molecular formula is C21H34O6. The third kappa shape index (κ3) is 5.81. The largest absolute Gasteiger partial charge is 0.481 e. The van der Waals surface area contributed by atoms with Crippen molar-refractivity contribution in [3.8, 4) is 0 Å². The number of unbranched alkanes of at least 4 members (excludes halogenated alkanes) is 3. The van der Waals surface area contributed by atoms with E-state index in [1.165, 1.54) is 0 Å². The molecule has 154 valence electrons. The van der Waals surface area contributed by atoms with Crippen LogP contribution >= 0.6 is 0 Å². The van der Waals surface area contributed by atoms with E-state index in [0.29, 0.717) is 31.4 Å². The molecule has 0 radical (unpaired) electrons. The van der Waals surface area contributed by atoms with E-state index in [1.54, 1.807) is 13.0 Å². The van der Waals surface area contributed by atoms with Gasteiger partial charge in [-0.25, -0.2) is 0 Å². The second-order valence-electron chi connectivity index (χ2n) is 7.43. The lowest BCUT2D eigenvalue weighted by Crippen LogP contribution is -2.42. The Hall–Kier alpha value is -1.85. The van der Waals surface area contributed by atoms with Crippen LogP contribution in [0.5, 0.6) is 0 Å². The maximum atomic E-state index is 12.6. The van der Waals surface area contributed by atoms with Crippen molar-refractivity contribution in [2.45, 2.75) is 78.6 Å². The maximum Gasteiger partial charge on any atom is 0.313 e. The molecule has 0 bridgehead atoms. The number of hydrogen-bond donors (Lipinski definition) is 2. The Labute approximate surface area is 162 Å². The van der Waals surface area contributed by atoms with Crippen LogP contribution in [-0.2, 0) is 19.1 Å². The molecule has 1 atom stereocenters. The minimum atomic E-state index is -1.18. The molecule has 27 heavy (non-hydrogen) atoms. The Bertz CT molecular complexity index is 543. The van der Waals surface area contributed by atoms with Crippen molar-refractivity contribution in [2.75, 3.05) is 6.61 Å². The summed E-state index contributed by atoms with van der Waals surface area (Å²) in [6.45, 7) is 6.07. The summed E-state index contributed by atoms with van der Waals surface area (Å²) in [5, 5.41) is 19.2. The Morgan fingerprint density at radius 2 is 1.74 bits per heavy atom. The summed E-state index contributed by atoms with van der Waals surface area (Å²) >= 11 is 0. The van der Waals surface area contributed by atoms with Crippen LogP contribution in [0, 0.1) is 17.3 Å². The predicted molar refractivity (Wildman–Crippen MR) is 102 cm³/mol. The molecule has 0 aromatic rings. The van der Waals surface area contributed by atoms with E-state index in [1.807, 2.05) is 6.92 Å². The summed E-state index contributed by atoms with van der Waals surface area (Å²) in [5.74, 6) is -3.34. The molecule has 0 amide bonds. The van der Waals surface area contributed by atoms with E-state index in [4.69, 9.17) is 4.74 Å². The van der Waals surface area contributed by atoms with E-state index in [2.05, 4.69) is 6.92 Å². The van der Waals surface area contributed by atoms with Crippen molar-refractivity contribution >= 4 is 17.9 Å². The summed E-state index contributed by atoms with van der Waals surface area (Å²) in [6.07, 6.45) is 7.29. The summed E-state index contributed by atoms with van der Waals surface area (Å²) in [4.78, 5) is 36.1. The smallest absolute Gasteiger partial charge is 0.313 e. The minimum absolute atomic E-state index is 0.235. The Kier molecular flexibility index (Phi) is 9.53. The van der Waals surface area contributed by atoms with Gasteiger partial charge in [-0.2, -0.15) is 0 Å². The molecule has 0 aromatic carbocycles. The third-order valence-electron chi connectivity index (χ3n) is 5.77. The molecular weight excluding hydrogens is 348 g/mol. The molecule has 0 heterocycles. The summed E-state index contributed by atoms with van der Waals surface area (Å²) in [5.41, 5.74) is -0.609. The highest BCUT2D eigenvalue weighted by Gasteiger charge is 2.49. The van der Waals surface area contributed by atoms with Crippen molar-refractivity contribution < 1.29 is 29.3 Å². The van der Waals surface area contributed by atoms with Crippen LogP contribution in [0.2, 0.25) is 0 Å². The quantitative estimate of drug-likeness (QED) is 0.311. The predicted octanol–water partition coefficient (Wildman–Crippen LogP) is 4.43. The Morgan fingerprint density at radius 3 is 2.19 bits per heavy atom. The molecule has 0 aliphatic heterocycles. The van der Waals surface area contributed by atoms with Gasteiger partial charge in [-0.05, 0) is 51.0 Å². The van der Waals surface area contributed by atoms with Crippen LogP contribution in [0.4, 0.5) is 0 Å². The van der Waals surface area contributed by atoms with Crippen LogP contribution in [0.3, 0.4) is 0 Å². The number of carbonyl (C=O) groups excluding carboxylic acids is 1. The number of hydrogen-bond acceptors (Lipinski definition) is 4. The summed E-state index contributed by atoms with van der Waals surface area (Å²) in [6, 6.07) is 0. The molecule has 6 nitrogen and oxygen atoms in total. The highest BCUT2D eigenvalue weighted by atomic mass is 16.5. The fourth-order valence-electron chi connectivity index (χ4n) is 4.11. The van der Waals surface area contributed by atoms with Crippen molar-refractivity contribution in [3.05, 3.63) is 11.6 Å². The van der Waals surface area contributed by atoms with Crippen molar-refractivity contribution in [3.63, 3.8) is 0 Å². The van der Waals surface area contributed by atoms with Gasteiger partial charge in [-0.15, -0.1) is 0 Å². The SMILES string of the molecule is CC=C(C(CC)C(=O)OCCCCCC)C1(C(=O)O)CCC(C(=O)O)CC1. The second kappa shape index (κ2) is 11.1. The molecule has 6 heteroatoms. The average molecular weight is 382 g/mol. The van der Waals surface area contributed by atoms with Gasteiger partial charge in [-0.1, -0.05) is 39.2 Å². The Morgan fingerprint density at radius 1 is 1.11 bits per heavy atom. The maximum absolute atomic E-state index is 12.6. The molecule has 1 fully saturated rings. The zero-order valence-electron chi connectivity index (χ0n) is 16.8. The van der Waals surface area contributed by atoms with Gasteiger partial charge in [0.1, 0.15) is 0 Å². The molecule has 1 saturated carbocycles. The molecule has 0 saturated heterocycles. The average Bonchev–Trinajstić information content (AvgIpc) is 2.65. The number of carboxylic acid groups (broad SMARTS) is 2. The van der Waals surface area contributed by atoms with Gasteiger partial charge < -0.3 is 14.9 Å². The number of ether oxygens (including phenoxy) is 1. The van der Waals surface area contributed by atoms with E-state index in [-0.39, 0.29) is 18.8 Å². The van der Waals surface area contributed by atoms with E-state index >= 15 is 0 Å². The summed E-state index contributed by atoms with van der Waals surface area (Å²) < 4.78 is 5.43. The van der Waals surface area contributed by atoms with Gasteiger partial charge >= 0.3 is 17.9 Å². The Balaban J connectivity index is 2.91.